The van der Waals surface area contributed by atoms with Crippen molar-refractivity contribution in [3.05, 3.63) is 35.6 Å². The molecule has 1 atom stereocenters. The highest BCUT2D eigenvalue weighted by atomic mass is 19.1. The third-order valence-electron chi connectivity index (χ3n) is 3.42. The number of halogens is 1. The molecule has 1 fully saturated rings. The highest BCUT2D eigenvalue weighted by Crippen LogP contribution is 2.31. The summed E-state index contributed by atoms with van der Waals surface area (Å²) in [4.78, 5) is 2.54. The molecule has 0 amide bonds. The number of hydrogen-bond acceptors (Lipinski definition) is 1. The predicted molar refractivity (Wildman–Crippen MR) is 64.9 cm³/mol. The van der Waals surface area contributed by atoms with Crippen LogP contribution in [0, 0.1) is 5.82 Å². The molecule has 0 bridgehead atoms. The van der Waals surface area contributed by atoms with Gasteiger partial charge in [-0.1, -0.05) is 25.5 Å². The summed E-state index contributed by atoms with van der Waals surface area (Å²) < 4.78 is 12.9. The number of benzene rings is 1. The van der Waals surface area contributed by atoms with E-state index in [1.807, 2.05) is 12.1 Å². The maximum absolute atomic E-state index is 12.9. The Balaban J connectivity index is 2.04. The van der Waals surface area contributed by atoms with E-state index in [0.717, 1.165) is 0 Å². The average Bonchev–Trinajstić information content (AvgIpc) is 2.75. The highest BCUT2D eigenvalue weighted by Gasteiger charge is 2.24. The Morgan fingerprint density at radius 3 is 2.75 bits per heavy atom. The van der Waals surface area contributed by atoms with E-state index in [1.54, 1.807) is 12.1 Å². The second-order valence-corrected chi connectivity index (χ2v) is 4.60. The summed E-state index contributed by atoms with van der Waals surface area (Å²) in [5.41, 5.74) is 1.27. The molecule has 1 heterocycles. The second-order valence-electron chi connectivity index (χ2n) is 4.60. The molecular formula is C14H20FN. The van der Waals surface area contributed by atoms with Gasteiger partial charge in [-0.25, -0.2) is 4.39 Å². The van der Waals surface area contributed by atoms with Gasteiger partial charge < -0.3 is 0 Å². The third-order valence-corrected chi connectivity index (χ3v) is 3.42. The van der Waals surface area contributed by atoms with Crippen LogP contribution in [-0.2, 0) is 0 Å². The van der Waals surface area contributed by atoms with Crippen molar-refractivity contribution in [3.63, 3.8) is 0 Å². The fourth-order valence-electron chi connectivity index (χ4n) is 2.52. The van der Waals surface area contributed by atoms with Crippen molar-refractivity contribution in [2.75, 3.05) is 13.1 Å². The number of hydrogen-bond donors (Lipinski definition) is 0. The lowest BCUT2D eigenvalue weighted by atomic mass is 10.0. The molecule has 0 saturated carbocycles. The SMILES string of the molecule is CCCCN1CCC[C@@H]1c1ccc(F)cc1. The van der Waals surface area contributed by atoms with Gasteiger partial charge in [0.15, 0.2) is 0 Å². The number of likely N-dealkylation sites (tertiary alicyclic amines) is 1. The molecule has 2 rings (SSSR count). The van der Waals surface area contributed by atoms with Crippen molar-refractivity contribution >= 4 is 0 Å². The summed E-state index contributed by atoms with van der Waals surface area (Å²) in [6.07, 6.45) is 4.99. The molecule has 1 aromatic rings. The zero-order valence-corrected chi connectivity index (χ0v) is 9.95. The molecule has 0 aliphatic carbocycles. The Bertz CT molecular complexity index is 320. The van der Waals surface area contributed by atoms with E-state index in [4.69, 9.17) is 0 Å². The minimum Gasteiger partial charge on any atom is -0.296 e. The standard InChI is InChI=1S/C14H20FN/c1-2-3-10-16-11-4-5-14(16)12-6-8-13(15)9-7-12/h6-9,14H,2-5,10-11H2,1H3/t14-/m1/s1. The lowest BCUT2D eigenvalue weighted by Gasteiger charge is -2.24. The fourth-order valence-corrected chi connectivity index (χ4v) is 2.52. The Morgan fingerprint density at radius 1 is 1.31 bits per heavy atom. The smallest absolute Gasteiger partial charge is 0.123 e. The second kappa shape index (κ2) is 5.44. The molecule has 1 aliphatic rings. The normalized spacial score (nSPS) is 21.5. The zero-order chi connectivity index (χ0) is 11.4. The zero-order valence-electron chi connectivity index (χ0n) is 9.95. The topological polar surface area (TPSA) is 3.24 Å². The van der Waals surface area contributed by atoms with Gasteiger partial charge in [0.2, 0.25) is 0 Å². The van der Waals surface area contributed by atoms with Gasteiger partial charge in [0, 0.05) is 6.04 Å². The van der Waals surface area contributed by atoms with Crippen LogP contribution in [0.25, 0.3) is 0 Å². The summed E-state index contributed by atoms with van der Waals surface area (Å²) >= 11 is 0. The van der Waals surface area contributed by atoms with Crippen LogP contribution in [0.1, 0.15) is 44.2 Å². The van der Waals surface area contributed by atoms with Crippen molar-refractivity contribution in [3.8, 4) is 0 Å². The van der Waals surface area contributed by atoms with Crippen LogP contribution in [0.3, 0.4) is 0 Å². The van der Waals surface area contributed by atoms with Gasteiger partial charge in [-0.05, 0) is 50.0 Å². The largest absolute Gasteiger partial charge is 0.296 e. The van der Waals surface area contributed by atoms with Crippen molar-refractivity contribution in [2.24, 2.45) is 0 Å². The summed E-state index contributed by atoms with van der Waals surface area (Å²) in [6.45, 7) is 4.60. The Kier molecular flexibility index (Phi) is 3.94. The summed E-state index contributed by atoms with van der Waals surface area (Å²) in [5.74, 6) is -0.137. The molecule has 0 aromatic heterocycles. The molecule has 16 heavy (non-hydrogen) atoms. The van der Waals surface area contributed by atoms with Gasteiger partial charge in [0.25, 0.3) is 0 Å². The fraction of sp³-hybridized carbons (Fsp3) is 0.571. The molecule has 1 aromatic carbocycles. The first-order valence-electron chi connectivity index (χ1n) is 6.31. The van der Waals surface area contributed by atoms with Crippen LogP contribution in [0.2, 0.25) is 0 Å². The lowest BCUT2D eigenvalue weighted by molar-refractivity contribution is 0.253. The molecule has 0 radical (unpaired) electrons. The molecule has 0 unspecified atom stereocenters. The van der Waals surface area contributed by atoms with Gasteiger partial charge >= 0.3 is 0 Å². The Labute approximate surface area is 97.3 Å². The predicted octanol–water partition coefficient (Wildman–Crippen LogP) is 3.76. The molecule has 2 heteroatoms. The molecule has 1 nitrogen and oxygen atoms in total. The molecular weight excluding hydrogens is 201 g/mol. The van der Waals surface area contributed by atoms with Gasteiger partial charge in [-0.15, -0.1) is 0 Å². The van der Waals surface area contributed by atoms with Crippen molar-refractivity contribution in [1.29, 1.82) is 0 Å². The minimum absolute atomic E-state index is 0.137. The van der Waals surface area contributed by atoms with Gasteiger partial charge in [-0.3, -0.25) is 4.90 Å². The average molecular weight is 221 g/mol. The monoisotopic (exact) mass is 221 g/mol. The number of nitrogens with zero attached hydrogens (tertiary/aromatic N) is 1. The molecule has 0 spiro atoms. The van der Waals surface area contributed by atoms with E-state index >= 15 is 0 Å². The first kappa shape index (κ1) is 11.6. The Morgan fingerprint density at radius 2 is 2.06 bits per heavy atom. The quantitative estimate of drug-likeness (QED) is 0.748. The maximum atomic E-state index is 12.9. The summed E-state index contributed by atoms with van der Waals surface area (Å²) in [6, 6.07) is 7.54. The molecule has 1 saturated heterocycles. The van der Waals surface area contributed by atoms with Crippen LogP contribution < -0.4 is 0 Å². The number of unbranched alkanes of at least 4 members (excludes halogenated alkanes) is 1. The molecule has 88 valence electrons. The van der Waals surface area contributed by atoms with Crippen LogP contribution in [0.5, 0.6) is 0 Å². The number of rotatable bonds is 4. The van der Waals surface area contributed by atoms with Crippen LogP contribution in [0.15, 0.2) is 24.3 Å². The maximum Gasteiger partial charge on any atom is 0.123 e. The van der Waals surface area contributed by atoms with Crippen molar-refractivity contribution < 1.29 is 4.39 Å². The van der Waals surface area contributed by atoms with E-state index in [2.05, 4.69) is 11.8 Å². The Hall–Kier alpha value is -0.890. The van der Waals surface area contributed by atoms with Crippen LogP contribution in [-0.4, -0.2) is 18.0 Å². The molecule has 1 aliphatic heterocycles. The van der Waals surface area contributed by atoms with E-state index < -0.39 is 0 Å². The van der Waals surface area contributed by atoms with Crippen LogP contribution >= 0.6 is 0 Å². The first-order valence-corrected chi connectivity index (χ1v) is 6.31. The lowest BCUT2D eigenvalue weighted by Crippen LogP contribution is -2.24. The van der Waals surface area contributed by atoms with Crippen molar-refractivity contribution in [1.82, 2.24) is 4.90 Å². The van der Waals surface area contributed by atoms with E-state index in [-0.39, 0.29) is 5.82 Å². The summed E-state index contributed by atoms with van der Waals surface area (Å²) in [7, 11) is 0. The van der Waals surface area contributed by atoms with E-state index in [0.29, 0.717) is 6.04 Å². The molecule has 0 N–H and O–H groups in total. The summed E-state index contributed by atoms with van der Waals surface area (Å²) in [5, 5.41) is 0. The highest BCUT2D eigenvalue weighted by molar-refractivity contribution is 5.20. The van der Waals surface area contributed by atoms with Gasteiger partial charge in [-0.2, -0.15) is 0 Å². The van der Waals surface area contributed by atoms with E-state index in [1.165, 1.54) is 44.3 Å². The van der Waals surface area contributed by atoms with E-state index in [9.17, 15) is 4.39 Å². The van der Waals surface area contributed by atoms with Crippen molar-refractivity contribution in [2.45, 2.75) is 38.6 Å². The van der Waals surface area contributed by atoms with Gasteiger partial charge in [0.05, 0.1) is 0 Å². The van der Waals surface area contributed by atoms with Crippen LogP contribution in [0.4, 0.5) is 4.39 Å². The minimum atomic E-state index is -0.137. The third kappa shape index (κ3) is 2.62. The first-order chi connectivity index (χ1) is 7.81. The van der Waals surface area contributed by atoms with Gasteiger partial charge in [0.1, 0.15) is 5.82 Å².